The number of halogens is 1. The quantitative estimate of drug-likeness (QED) is 0.468. The van der Waals surface area contributed by atoms with Gasteiger partial charge in [0.1, 0.15) is 0 Å². The van der Waals surface area contributed by atoms with Gasteiger partial charge < -0.3 is 4.90 Å². The summed E-state index contributed by atoms with van der Waals surface area (Å²) in [5, 5.41) is 0. The SMILES string of the molecule is CN(C)C=Nc1ccc(I)cn1. The smallest absolute Gasteiger partial charge is 0.153 e. The maximum Gasteiger partial charge on any atom is 0.153 e. The summed E-state index contributed by atoms with van der Waals surface area (Å²) in [6.45, 7) is 0. The van der Waals surface area contributed by atoms with Crippen molar-refractivity contribution in [3.8, 4) is 0 Å². The summed E-state index contributed by atoms with van der Waals surface area (Å²) in [6, 6.07) is 3.87. The van der Waals surface area contributed by atoms with E-state index in [2.05, 4.69) is 32.6 Å². The molecule has 0 atom stereocenters. The predicted molar refractivity (Wildman–Crippen MR) is 58.8 cm³/mol. The Morgan fingerprint density at radius 1 is 1.50 bits per heavy atom. The van der Waals surface area contributed by atoms with Crippen LogP contribution in [0.3, 0.4) is 0 Å². The number of hydrogen-bond acceptors (Lipinski definition) is 2. The second kappa shape index (κ2) is 4.39. The number of aromatic nitrogens is 1. The lowest BCUT2D eigenvalue weighted by Crippen LogP contribution is -2.07. The molecule has 12 heavy (non-hydrogen) atoms. The highest BCUT2D eigenvalue weighted by atomic mass is 127. The molecule has 4 heteroatoms. The Morgan fingerprint density at radius 2 is 2.25 bits per heavy atom. The van der Waals surface area contributed by atoms with Crippen molar-refractivity contribution in [3.63, 3.8) is 0 Å². The lowest BCUT2D eigenvalue weighted by atomic mass is 10.5. The molecule has 3 nitrogen and oxygen atoms in total. The van der Waals surface area contributed by atoms with Crippen molar-refractivity contribution in [1.29, 1.82) is 0 Å². The van der Waals surface area contributed by atoms with Gasteiger partial charge in [0.05, 0.1) is 6.34 Å². The molecule has 0 amide bonds. The summed E-state index contributed by atoms with van der Waals surface area (Å²) in [7, 11) is 3.85. The summed E-state index contributed by atoms with van der Waals surface area (Å²) in [5.74, 6) is 0.740. The topological polar surface area (TPSA) is 28.5 Å². The maximum atomic E-state index is 4.13. The van der Waals surface area contributed by atoms with E-state index in [1.807, 2.05) is 31.1 Å². The molecule has 0 aromatic carbocycles. The Labute approximate surface area is 85.7 Å². The summed E-state index contributed by atoms with van der Waals surface area (Å²) >= 11 is 2.21. The van der Waals surface area contributed by atoms with E-state index in [-0.39, 0.29) is 0 Å². The van der Waals surface area contributed by atoms with Gasteiger partial charge in [0.15, 0.2) is 5.82 Å². The Hall–Kier alpha value is -0.650. The minimum Gasteiger partial charge on any atom is -0.369 e. The fraction of sp³-hybridized carbons (Fsp3) is 0.250. The van der Waals surface area contributed by atoms with Gasteiger partial charge in [-0.15, -0.1) is 0 Å². The van der Waals surface area contributed by atoms with Gasteiger partial charge in [-0.05, 0) is 34.7 Å². The first-order chi connectivity index (χ1) is 5.68. The number of nitrogens with zero attached hydrogens (tertiary/aromatic N) is 3. The summed E-state index contributed by atoms with van der Waals surface area (Å²) in [5.41, 5.74) is 0. The van der Waals surface area contributed by atoms with Crippen LogP contribution in [0.25, 0.3) is 0 Å². The first-order valence-electron chi connectivity index (χ1n) is 3.50. The fourth-order valence-electron chi connectivity index (χ4n) is 0.619. The van der Waals surface area contributed by atoms with E-state index in [1.165, 1.54) is 0 Å². The van der Waals surface area contributed by atoms with Crippen molar-refractivity contribution in [2.24, 2.45) is 4.99 Å². The van der Waals surface area contributed by atoms with Gasteiger partial charge >= 0.3 is 0 Å². The monoisotopic (exact) mass is 275 g/mol. The molecular weight excluding hydrogens is 265 g/mol. The molecule has 0 radical (unpaired) electrons. The van der Waals surface area contributed by atoms with Crippen LogP contribution >= 0.6 is 22.6 Å². The van der Waals surface area contributed by atoms with Crippen molar-refractivity contribution in [1.82, 2.24) is 9.88 Å². The maximum absolute atomic E-state index is 4.13. The van der Waals surface area contributed by atoms with Crippen molar-refractivity contribution < 1.29 is 0 Å². The molecule has 0 N–H and O–H groups in total. The Kier molecular flexibility index (Phi) is 3.46. The van der Waals surface area contributed by atoms with Gasteiger partial charge in [-0.2, -0.15) is 0 Å². The van der Waals surface area contributed by atoms with Crippen LogP contribution in [0.1, 0.15) is 0 Å². The van der Waals surface area contributed by atoms with E-state index in [9.17, 15) is 0 Å². The van der Waals surface area contributed by atoms with E-state index in [4.69, 9.17) is 0 Å². The zero-order valence-corrected chi connectivity index (χ0v) is 9.19. The first-order valence-corrected chi connectivity index (χ1v) is 4.58. The highest BCUT2D eigenvalue weighted by Crippen LogP contribution is 2.09. The van der Waals surface area contributed by atoms with Gasteiger partial charge in [-0.1, -0.05) is 0 Å². The fourth-order valence-corrected chi connectivity index (χ4v) is 0.938. The van der Waals surface area contributed by atoms with Gasteiger partial charge in [-0.3, -0.25) is 0 Å². The van der Waals surface area contributed by atoms with Crippen LogP contribution in [-0.4, -0.2) is 30.3 Å². The Balaban J connectivity index is 2.71. The van der Waals surface area contributed by atoms with Crippen LogP contribution < -0.4 is 0 Å². The lowest BCUT2D eigenvalue weighted by Gasteiger charge is -2.01. The molecule has 0 saturated carbocycles. The molecular formula is C8H10IN3. The van der Waals surface area contributed by atoms with Crippen LogP contribution in [0.2, 0.25) is 0 Å². The van der Waals surface area contributed by atoms with Gasteiger partial charge in [0.2, 0.25) is 0 Å². The summed E-state index contributed by atoms with van der Waals surface area (Å²) in [6.07, 6.45) is 3.53. The molecule has 1 aromatic rings. The predicted octanol–water partition coefficient (Wildman–Crippen LogP) is 1.91. The van der Waals surface area contributed by atoms with Crippen LogP contribution in [0, 0.1) is 3.57 Å². The standard InChI is InChI=1S/C8H10IN3/c1-12(2)6-11-8-4-3-7(9)5-10-8/h3-6H,1-2H3. The Morgan fingerprint density at radius 3 is 2.75 bits per heavy atom. The van der Waals surface area contributed by atoms with Crippen LogP contribution in [0.15, 0.2) is 23.3 Å². The normalized spacial score (nSPS) is 10.6. The number of aliphatic imine (C=N–C) groups is 1. The van der Waals surface area contributed by atoms with E-state index >= 15 is 0 Å². The number of rotatable bonds is 2. The average molecular weight is 275 g/mol. The second-order valence-corrected chi connectivity index (χ2v) is 3.79. The molecule has 0 aliphatic heterocycles. The largest absolute Gasteiger partial charge is 0.369 e. The van der Waals surface area contributed by atoms with Crippen molar-refractivity contribution in [2.75, 3.05) is 14.1 Å². The highest BCUT2D eigenvalue weighted by molar-refractivity contribution is 14.1. The second-order valence-electron chi connectivity index (χ2n) is 2.54. The molecule has 1 heterocycles. The molecule has 0 bridgehead atoms. The number of hydrogen-bond donors (Lipinski definition) is 0. The third-order valence-electron chi connectivity index (χ3n) is 1.13. The molecule has 1 rings (SSSR count). The van der Waals surface area contributed by atoms with E-state index < -0.39 is 0 Å². The third kappa shape index (κ3) is 3.17. The van der Waals surface area contributed by atoms with Crippen molar-refractivity contribution in [3.05, 3.63) is 21.9 Å². The molecule has 0 spiro atoms. The van der Waals surface area contributed by atoms with Crippen molar-refractivity contribution in [2.45, 2.75) is 0 Å². The average Bonchev–Trinajstić information content (AvgIpc) is 2.03. The van der Waals surface area contributed by atoms with Gasteiger partial charge in [-0.25, -0.2) is 9.98 Å². The minimum absolute atomic E-state index is 0.740. The summed E-state index contributed by atoms with van der Waals surface area (Å²) < 4.78 is 1.12. The van der Waals surface area contributed by atoms with Crippen LogP contribution in [0.4, 0.5) is 5.82 Å². The molecule has 0 aliphatic carbocycles. The van der Waals surface area contributed by atoms with Crippen LogP contribution in [-0.2, 0) is 0 Å². The lowest BCUT2D eigenvalue weighted by molar-refractivity contribution is 0.643. The van der Waals surface area contributed by atoms with E-state index in [0.29, 0.717) is 0 Å². The first kappa shape index (κ1) is 9.44. The zero-order valence-electron chi connectivity index (χ0n) is 7.03. The zero-order chi connectivity index (χ0) is 8.97. The minimum atomic E-state index is 0.740. The summed E-state index contributed by atoms with van der Waals surface area (Å²) in [4.78, 5) is 10.1. The highest BCUT2D eigenvalue weighted by Gasteiger charge is 1.88. The molecule has 0 unspecified atom stereocenters. The van der Waals surface area contributed by atoms with Gasteiger partial charge in [0.25, 0.3) is 0 Å². The van der Waals surface area contributed by atoms with Crippen molar-refractivity contribution >= 4 is 34.7 Å². The van der Waals surface area contributed by atoms with E-state index in [0.717, 1.165) is 9.39 Å². The molecule has 0 saturated heterocycles. The molecule has 1 aromatic heterocycles. The van der Waals surface area contributed by atoms with E-state index in [1.54, 1.807) is 12.5 Å². The van der Waals surface area contributed by atoms with Gasteiger partial charge in [0, 0.05) is 23.9 Å². The molecule has 0 fully saturated rings. The van der Waals surface area contributed by atoms with Crippen LogP contribution in [0.5, 0.6) is 0 Å². The molecule has 64 valence electrons. The third-order valence-corrected chi connectivity index (χ3v) is 1.77. The Bertz CT molecular complexity index is 266. The molecule has 0 aliphatic rings. The number of pyridine rings is 1.